The number of hydrogen-bond donors (Lipinski definition) is 2. The third kappa shape index (κ3) is 3.39. The van der Waals surface area contributed by atoms with Crippen LogP contribution in [0.5, 0.6) is 0 Å². The van der Waals surface area contributed by atoms with Gasteiger partial charge in [-0.05, 0) is 25.0 Å². The summed E-state index contributed by atoms with van der Waals surface area (Å²) in [5.41, 5.74) is 0.343. The van der Waals surface area contributed by atoms with Gasteiger partial charge in [-0.2, -0.15) is 0 Å². The summed E-state index contributed by atoms with van der Waals surface area (Å²) >= 11 is 0. The van der Waals surface area contributed by atoms with Crippen LogP contribution in [0, 0.1) is 5.82 Å². The van der Waals surface area contributed by atoms with Crippen LogP contribution < -0.4 is 10.6 Å². The van der Waals surface area contributed by atoms with Crippen molar-refractivity contribution in [2.24, 2.45) is 0 Å². The summed E-state index contributed by atoms with van der Waals surface area (Å²) in [5.74, 6) is -0.309. The van der Waals surface area contributed by atoms with E-state index in [2.05, 4.69) is 20.6 Å². The van der Waals surface area contributed by atoms with Crippen molar-refractivity contribution in [1.29, 1.82) is 0 Å². The highest BCUT2D eigenvalue weighted by Gasteiger charge is 2.16. The van der Waals surface area contributed by atoms with Crippen LogP contribution in [0.1, 0.15) is 36.2 Å². The second-order valence-corrected chi connectivity index (χ2v) is 5.35. The van der Waals surface area contributed by atoms with Crippen molar-refractivity contribution in [3.8, 4) is 0 Å². The molecule has 1 heterocycles. The average Bonchev–Trinajstić information content (AvgIpc) is 3.03. The molecule has 0 bridgehead atoms. The maximum atomic E-state index is 13.6. The smallest absolute Gasteiger partial charge is 0.274 e. The van der Waals surface area contributed by atoms with Crippen LogP contribution in [-0.2, 0) is 0 Å². The van der Waals surface area contributed by atoms with Crippen molar-refractivity contribution in [3.05, 3.63) is 48.2 Å². The summed E-state index contributed by atoms with van der Waals surface area (Å²) in [6.45, 7) is 0. The van der Waals surface area contributed by atoms with Gasteiger partial charge in [-0.3, -0.25) is 4.79 Å². The number of rotatable bonds is 4. The number of hydrogen-bond acceptors (Lipinski definition) is 4. The standard InChI is InChI=1S/C16H17FN4O/c17-12-7-3-4-8-13(12)21-16(22)14-9-15(19-10-18-14)20-11-5-1-2-6-11/h3-4,7-11H,1-2,5-6H2,(H,21,22)(H,18,19,20). The number of carbonyl (C=O) groups is 1. The molecule has 0 atom stereocenters. The van der Waals surface area contributed by atoms with Crippen molar-refractivity contribution in [3.63, 3.8) is 0 Å². The zero-order valence-corrected chi connectivity index (χ0v) is 12.1. The molecule has 0 radical (unpaired) electrons. The lowest BCUT2D eigenvalue weighted by molar-refractivity contribution is 0.102. The topological polar surface area (TPSA) is 66.9 Å². The fourth-order valence-electron chi connectivity index (χ4n) is 2.59. The highest BCUT2D eigenvalue weighted by Crippen LogP contribution is 2.21. The number of carbonyl (C=O) groups excluding carboxylic acids is 1. The molecule has 1 saturated carbocycles. The lowest BCUT2D eigenvalue weighted by atomic mass is 10.2. The molecule has 2 aromatic rings. The number of benzene rings is 1. The SMILES string of the molecule is O=C(Nc1ccccc1F)c1cc(NC2CCCC2)ncn1. The van der Waals surface area contributed by atoms with Gasteiger partial charge in [0, 0.05) is 12.1 Å². The largest absolute Gasteiger partial charge is 0.367 e. The minimum absolute atomic E-state index is 0.136. The minimum Gasteiger partial charge on any atom is -0.367 e. The molecular formula is C16H17FN4O. The van der Waals surface area contributed by atoms with Crippen LogP contribution in [0.3, 0.4) is 0 Å². The summed E-state index contributed by atoms with van der Waals surface area (Å²) in [6.07, 6.45) is 5.99. The molecule has 2 N–H and O–H groups in total. The number of para-hydroxylation sites is 1. The van der Waals surface area contributed by atoms with Gasteiger partial charge in [0.1, 0.15) is 23.7 Å². The van der Waals surface area contributed by atoms with Crippen LogP contribution in [0.25, 0.3) is 0 Å². The molecule has 0 spiro atoms. The Labute approximate surface area is 128 Å². The van der Waals surface area contributed by atoms with E-state index >= 15 is 0 Å². The molecule has 1 aliphatic carbocycles. The molecule has 1 fully saturated rings. The van der Waals surface area contributed by atoms with Crippen molar-refractivity contribution in [1.82, 2.24) is 9.97 Å². The normalized spacial score (nSPS) is 14.8. The molecule has 1 amide bonds. The quantitative estimate of drug-likeness (QED) is 0.909. The van der Waals surface area contributed by atoms with Crippen LogP contribution in [0.4, 0.5) is 15.9 Å². The lowest BCUT2D eigenvalue weighted by Gasteiger charge is -2.13. The number of nitrogens with zero attached hydrogens (tertiary/aromatic N) is 2. The molecule has 22 heavy (non-hydrogen) atoms. The van der Waals surface area contributed by atoms with E-state index in [9.17, 15) is 9.18 Å². The van der Waals surface area contributed by atoms with Crippen molar-refractivity contribution >= 4 is 17.4 Å². The van der Waals surface area contributed by atoms with Crippen LogP contribution in [0.2, 0.25) is 0 Å². The van der Waals surface area contributed by atoms with Gasteiger partial charge in [0.05, 0.1) is 5.69 Å². The highest BCUT2D eigenvalue weighted by atomic mass is 19.1. The maximum absolute atomic E-state index is 13.6. The number of nitrogens with one attached hydrogen (secondary N) is 2. The molecule has 0 unspecified atom stereocenters. The molecule has 3 rings (SSSR count). The van der Waals surface area contributed by atoms with Gasteiger partial charge < -0.3 is 10.6 Å². The van der Waals surface area contributed by atoms with E-state index in [0.717, 1.165) is 12.8 Å². The maximum Gasteiger partial charge on any atom is 0.274 e. The number of anilines is 2. The van der Waals surface area contributed by atoms with E-state index in [1.807, 2.05) is 0 Å². The van der Waals surface area contributed by atoms with Gasteiger partial charge in [-0.15, -0.1) is 0 Å². The molecular weight excluding hydrogens is 283 g/mol. The van der Waals surface area contributed by atoms with E-state index in [1.54, 1.807) is 18.2 Å². The fourth-order valence-corrected chi connectivity index (χ4v) is 2.59. The second-order valence-electron chi connectivity index (χ2n) is 5.35. The Morgan fingerprint density at radius 2 is 1.95 bits per heavy atom. The summed E-state index contributed by atoms with van der Waals surface area (Å²) < 4.78 is 13.6. The summed E-state index contributed by atoms with van der Waals surface area (Å²) in [5, 5.41) is 5.82. The first kappa shape index (κ1) is 14.4. The minimum atomic E-state index is -0.478. The van der Waals surface area contributed by atoms with Crippen LogP contribution in [0.15, 0.2) is 36.7 Å². The van der Waals surface area contributed by atoms with Crippen molar-refractivity contribution < 1.29 is 9.18 Å². The molecule has 5 nitrogen and oxygen atoms in total. The summed E-state index contributed by atoms with van der Waals surface area (Å²) in [4.78, 5) is 20.2. The van der Waals surface area contributed by atoms with Gasteiger partial charge in [0.25, 0.3) is 5.91 Å². The molecule has 0 saturated heterocycles. The Hall–Kier alpha value is -2.50. The molecule has 0 aliphatic heterocycles. The Morgan fingerprint density at radius 1 is 1.18 bits per heavy atom. The molecule has 1 aromatic heterocycles. The van der Waals surface area contributed by atoms with Crippen LogP contribution >= 0.6 is 0 Å². The zero-order valence-electron chi connectivity index (χ0n) is 12.1. The van der Waals surface area contributed by atoms with E-state index in [1.165, 1.54) is 31.3 Å². The van der Waals surface area contributed by atoms with E-state index in [4.69, 9.17) is 0 Å². The Bertz CT molecular complexity index is 671. The van der Waals surface area contributed by atoms with Gasteiger partial charge >= 0.3 is 0 Å². The fraction of sp³-hybridized carbons (Fsp3) is 0.312. The molecule has 114 valence electrons. The monoisotopic (exact) mass is 300 g/mol. The van der Waals surface area contributed by atoms with Gasteiger partial charge in [-0.25, -0.2) is 14.4 Å². The zero-order chi connectivity index (χ0) is 15.4. The Kier molecular flexibility index (Phi) is 4.27. The molecule has 6 heteroatoms. The van der Waals surface area contributed by atoms with Crippen LogP contribution in [-0.4, -0.2) is 21.9 Å². The molecule has 1 aromatic carbocycles. The third-order valence-electron chi connectivity index (χ3n) is 3.73. The predicted octanol–water partition coefficient (Wildman–Crippen LogP) is 3.22. The highest BCUT2D eigenvalue weighted by molar-refractivity contribution is 6.03. The van der Waals surface area contributed by atoms with Crippen molar-refractivity contribution in [2.45, 2.75) is 31.7 Å². The average molecular weight is 300 g/mol. The van der Waals surface area contributed by atoms with Gasteiger partial charge in [-0.1, -0.05) is 25.0 Å². The number of halogens is 1. The van der Waals surface area contributed by atoms with Gasteiger partial charge in [0.2, 0.25) is 0 Å². The van der Waals surface area contributed by atoms with E-state index in [0.29, 0.717) is 11.9 Å². The second kappa shape index (κ2) is 6.51. The molecule has 1 aliphatic rings. The first-order valence-electron chi connectivity index (χ1n) is 7.37. The first-order chi connectivity index (χ1) is 10.7. The predicted molar refractivity (Wildman–Crippen MR) is 82.3 cm³/mol. The third-order valence-corrected chi connectivity index (χ3v) is 3.73. The Balaban J connectivity index is 1.71. The van der Waals surface area contributed by atoms with Gasteiger partial charge in [0.15, 0.2) is 0 Å². The Morgan fingerprint density at radius 3 is 2.73 bits per heavy atom. The summed E-state index contributed by atoms with van der Waals surface area (Å²) in [7, 11) is 0. The number of amides is 1. The van der Waals surface area contributed by atoms with Crippen molar-refractivity contribution in [2.75, 3.05) is 10.6 Å². The summed E-state index contributed by atoms with van der Waals surface area (Å²) in [6, 6.07) is 8.02. The first-order valence-corrected chi connectivity index (χ1v) is 7.37. The number of aromatic nitrogens is 2. The van der Waals surface area contributed by atoms with E-state index in [-0.39, 0.29) is 11.4 Å². The lowest BCUT2D eigenvalue weighted by Crippen LogP contribution is -2.18. The van der Waals surface area contributed by atoms with E-state index < -0.39 is 11.7 Å².